The molecule has 2 aliphatic heterocycles. The van der Waals surface area contributed by atoms with E-state index >= 15 is 0 Å². The van der Waals surface area contributed by atoms with Gasteiger partial charge in [-0.15, -0.1) is 0 Å². The maximum absolute atomic E-state index is 12.8. The molecule has 0 unspecified atom stereocenters. The summed E-state index contributed by atoms with van der Waals surface area (Å²) in [6, 6.07) is 17.1. The molecule has 2 saturated heterocycles. The van der Waals surface area contributed by atoms with Crippen molar-refractivity contribution < 1.29 is 17.9 Å². The minimum Gasteiger partial charge on any atom is -0.457 e. The molecule has 2 heterocycles. The first-order chi connectivity index (χ1) is 14.9. The average molecular weight is 475 g/mol. The lowest BCUT2D eigenvalue weighted by molar-refractivity contribution is -0.122. The van der Waals surface area contributed by atoms with Crippen molar-refractivity contribution in [1.82, 2.24) is 9.80 Å². The number of amides is 1. The first-order valence-electron chi connectivity index (χ1n) is 9.91. The number of thiocarbonyl (C=S) groups is 1. The fourth-order valence-electron chi connectivity index (χ4n) is 3.32. The minimum atomic E-state index is -2.91. The van der Waals surface area contributed by atoms with Gasteiger partial charge in [-0.3, -0.25) is 14.6 Å². The van der Waals surface area contributed by atoms with Gasteiger partial charge in [0.2, 0.25) is 0 Å². The van der Waals surface area contributed by atoms with Crippen LogP contribution in [-0.4, -0.2) is 66.1 Å². The predicted octanol–water partition coefficient (Wildman–Crippen LogP) is 3.41. The molecule has 0 bridgehead atoms. The van der Waals surface area contributed by atoms with E-state index in [1.165, 1.54) is 11.8 Å². The number of hydrogen-bond acceptors (Lipinski definition) is 7. The molecule has 0 aliphatic carbocycles. The fraction of sp³-hybridized carbons (Fsp3) is 0.273. The highest BCUT2D eigenvalue weighted by atomic mass is 32.2. The normalized spacial score (nSPS) is 20.4. The number of sulfone groups is 1. The zero-order valence-electron chi connectivity index (χ0n) is 16.8. The lowest BCUT2D eigenvalue weighted by atomic mass is 10.2. The number of benzene rings is 2. The quantitative estimate of drug-likeness (QED) is 0.470. The molecule has 0 atom stereocenters. The van der Waals surface area contributed by atoms with E-state index in [4.69, 9.17) is 17.0 Å². The Hall–Kier alpha value is -2.20. The van der Waals surface area contributed by atoms with E-state index in [-0.39, 0.29) is 17.4 Å². The van der Waals surface area contributed by atoms with Crippen LogP contribution in [0.4, 0.5) is 0 Å². The second-order valence-corrected chi connectivity index (χ2v) is 11.3. The van der Waals surface area contributed by atoms with E-state index in [2.05, 4.69) is 4.90 Å². The summed E-state index contributed by atoms with van der Waals surface area (Å²) in [5.41, 5.74) is 0.891. The topological polar surface area (TPSA) is 66.9 Å². The Morgan fingerprint density at radius 2 is 1.61 bits per heavy atom. The van der Waals surface area contributed by atoms with Crippen molar-refractivity contribution >= 4 is 50.1 Å². The van der Waals surface area contributed by atoms with Crippen LogP contribution in [0, 0.1) is 0 Å². The third-order valence-electron chi connectivity index (χ3n) is 5.11. The smallest absolute Gasteiger partial charge is 0.266 e. The predicted molar refractivity (Wildman–Crippen MR) is 128 cm³/mol. The summed E-state index contributed by atoms with van der Waals surface area (Å²) in [7, 11) is -2.91. The first-order valence-corrected chi connectivity index (χ1v) is 13.0. The second-order valence-electron chi connectivity index (χ2n) is 7.31. The van der Waals surface area contributed by atoms with E-state index in [9.17, 15) is 13.2 Å². The van der Waals surface area contributed by atoms with E-state index in [0.29, 0.717) is 35.4 Å². The number of ether oxygens (including phenoxy) is 1. The molecule has 0 N–H and O–H groups in total. The van der Waals surface area contributed by atoms with Gasteiger partial charge in [-0.2, -0.15) is 0 Å². The molecule has 2 fully saturated rings. The standard InChI is InChI=1S/C22H22N2O4S3/c25-21-20(16-17-6-8-19(9-7-17)28-18-4-2-1-3-5-18)30-22(29)24(21)11-10-23-12-14-31(26,27)15-13-23/h1-9,16H,10-15H2/b20-16-. The zero-order valence-corrected chi connectivity index (χ0v) is 19.2. The number of rotatable bonds is 6. The van der Waals surface area contributed by atoms with Crippen LogP contribution in [0.5, 0.6) is 11.5 Å². The number of carbonyl (C=O) groups is 1. The molecule has 31 heavy (non-hydrogen) atoms. The van der Waals surface area contributed by atoms with Crippen molar-refractivity contribution in [3.63, 3.8) is 0 Å². The Bertz CT molecular complexity index is 1090. The molecular formula is C22H22N2O4S3. The van der Waals surface area contributed by atoms with Gasteiger partial charge in [0.05, 0.1) is 16.4 Å². The highest BCUT2D eigenvalue weighted by Gasteiger charge is 2.32. The summed E-state index contributed by atoms with van der Waals surface area (Å²) in [5.74, 6) is 1.73. The van der Waals surface area contributed by atoms with E-state index in [1.54, 1.807) is 4.90 Å². The average Bonchev–Trinajstić information content (AvgIpc) is 3.02. The molecule has 4 rings (SSSR count). The lowest BCUT2D eigenvalue weighted by Gasteiger charge is -2.28. The van der Waals surface area contributed by atoms with Crippen molar-refractivity contribution in [1.29, 1.82) is 0 Å². The van der Waals surface area contributed by atoms with Crippen molar-refractivity contribution in [3.05, 3.63) is 65.1 Å². The molecule has 2 aromatic carbocycles. The summed E-state index contributed by atoms with van der Waals surface area (Å²) in [6.45, 7) is 2.08. The largest absolute Gasteiger partial charge is 0.457 e. The van der Waals surface area contributed by atoms with Gasteiger partial charge < -0.3 is 4.74 Å². The van der Waals surface area contributed by atoms with Crippen LogP contribution in [-0.2, 0) is 14.6 Å². The van der Waals surface area contributed by atoms with E-state index in [1.807, 2.05) is 60.7 Å². The summed E-state index contributed by atoms with van der Waals surface area (Å²) >= 11 is 6.69. The van der Waals surface area contributed by atoms with Crippen LogP contribution in [0.2, 0.25) is 0 Å². The number of thioether (sulfide) groups is 1. The number of para-hydroxylation sites is 1. The van der Waals surface area contributed by atoms with Gasteiger partial charge in [0.25, 0.3) is 5.91 Å². The van der Waals surface area contributed by atoms with Crippen LogP contribution in [0.1, 0.15) is 5.56 Å². The molecule has 162 valence electrons. The third-order valence-corrected chi connectivity index (χ3v) is 8.09. The maximum atomic E-state index is 12.8. The van der Waals surface area contributed by atoms with Gasteiger partial charge in [0, 0.05) is 26.2 Å². The Morgan fingerprint density at radius 1 is 0.968 bits per heavy atom. The zero-order chi connectivity index (χ0) is 21.8. The van der Waals surface area contributed by atoms with Gasteiger partial charge in [0.1, 0.15) is 15.8 Å². The molecule has 9 heteroatoms. The second kappa shape index (κ2) is 9.52. The molecule has 0 saturated carbocycles. The van der Waals surface area contributed by atoms with Crippen LogP contribution in [0.25, 0.3) is 6.08 Å². The van der Waals surface area contributed by atoms with E-state index in [0.717, 1.165) is 17.1 Å². The third kappa shape index (κ3) is 5.74. The van der Waals surface area contributed by atoms with Crippen molar-refractivity contribution in [3.8, 4) is 11.5 Å². The SMILES string of the molecule is O=C1/C(=C/c2ccc(Oc3ccccc3)cc2)SC(=S)N1CCN1CCS(=O)(=O)CC1. The van der Waals surface area contributed by atoms with Crippen molar-refractivity contribution in [2.75, 3.05) is 37.7 Å². The molecule has 6 nitrogen and oxygen atoms in total. The van der Waals surface area contributed by atoms with Gasteiger partial charge in [0.15, 0.2) is 9.84 Å². The molecule has 1 amide bonds. The number of nitrogens with zero attached hydrogens (tertiary/aromatic N) is 2. The van der Waals surface area contributed by atoms with E-state index < -0.39 is 9.84 Å². The monoisotopic (exact) mass is 474 g/mol. The van der Waals surface area contributed by atoms with Crippen LogP contribution in [0.3, 0.4) is 0 Å². The highest BCUT2D eigenvalue weighted by Crippen LogP contribution is 2.33. The Morgan fingerprint density at radius 3 is 2.29 bits per heavy atom. The highest BCUT2D eigenvalue weighted by molar-refractivity contribution is 8.26. The molecule has 2 aliphatic rings. The van der Waals surface area contributed by atoms with Gasteiger partial charge in [-0.1, -0.05) is 54.3 Å². The summed E-state index contributed by atoms with van der Waals surface area (Å²) < 4.78 is 29.4. The molecule has 2 aromatic rings. The van der Waals surface area contributed by atoms with Crippen LogP contribution < -0.4 is 4.74 Å². The molecular weight excluding hydrogens is 452 g/mol. The van der Waals surface area contributed by atoms with Gasteiger partial charge >= 0.3 is 0 Å². The van der Waals surface area contributed by atoms with Gasteiger partial charge in [-0.25, -0.2) is 8.42 Å². The maximum Gasteiger partial charge on any atom is 0.266 e. The van der Waals surface area contributed by atoms with Crippen LogP contribution >= 0.6 is 24.0 Å². The van der Waals surface area contributed by atoms with Crippen LogP contribution in [0.15, 0.2) is 59.5 Å². The van der Waals surface area contributed by atoms with Crippen molar-refractivity contribution in [2.45, 2.75) is 0 Å². The molecule has 0 aromatic heterocycles. The van der Waals surface area contributed by atoms with Crippen molar-refractivity contribution in [2.24, 2.45) is 0 Å². The summed E-state index contributed by atoms with van der Waals surface area (Å²) in [4.78, 5) is 17.1. The Labute approximate surface area is 191 Å². The van der Waals surface area contributed by atoms with Gasteiger partial charge in [-0.05, 0) is 35.9 Å². The lowest BCUT2D eigenvalue weighted by Crippen LogP contribution is -2.44. The fourth-order valence-corrected chi connectivity index (χ4v) is 5.90. The minimum absolute atomic E-state index is 0.107. The molecule has 0 radical (unpaired) electrons. The molecule has 0 spiro atoms. The summed E-state index contributed by atoms with van der Waals surface area (Å²) in [6.07, 6.45) is 1.83. The summed E-state index contributed by atoms with van der Waals surface area (Å²) in [5, 5.41) is 0. The Kier molecular flexibility index (Phi) is 6.76. The number of carbonyl (C=O) groups excluding carboxylic acids is 1. The first kappa shape index (κ1) is 22.0. The number of hydrogen-bond donors (Lipinski definition) is 0. The Balaban J connectivity index is 1.35.